The Morgan fingerprint density at radius 1 is 1.33 bits per heavy atom. The highest BCUT2D eigenvalue weighted by atomic mass is 35.5. The van der Waals surface area contributed by atoms with Crippen LogP contribution in [0.1, 0.15) is 38.2 Å². The molecule has 0 atom stereocenters. The molecule has 7 heteroatoms. The number of nitrogens with zero attached hydrogens (tertiary/aromatic N) is 2. The molecule has 0 aromatic heterocycles. The number of rotatable bonds is 5. The van der Waals surface area contributed by atoms with Crippen molar-refractivity contribution in [1.82, 2.24) is 9.80 Å². The number of piperidine rings is 1. The summed E-state index contributed by atoms with van der Waals surface area (Å²) < 4.78 is 0.539. The predicted octanol–water partition coefficient (Wildman–Crippen LogP) is 4.58. The van der Waals surface area contributed by atoms with E-state index in [0.29, 0.717) is 39.6 Å². The molecule has 1 aromatic carbocycles. The van der Waals surface area contributed by atoms with Crippen molar-refractivity contribution < 1.29 is 9.59 Å². The molecule has 144 valence electrons. The highest BCUT2D eigenvalue weighted by Crippen LogP contribution is 2.33. The lowest BCUT2D eigenvalue weighted by Crippen LogP contribution is -2.38. The standard InChI is InChI=1S/C20H23ClN2O2S2/c1-14-8-11-22(12-9-14)18(24)7-4-10-23-19(25)17(27-20(23)26)13-15-5-2-3-6-16(15)21/h2-3,5-6,13-14H,4,7-12H2,1H3/b17-13+. The fourth-order valence-corrected chi connectivity index (χ4v) is 4.72. The van der Waals surface area contributed by atoms with Crippen LogP contribution in [0.5, 0.6) is 0 Å². The van der Waals surface area contributed by atoms with Crippen molar-refractivity contribution in [1.29, 1.82) is 0 Å². The zero-order chi connectivity index (χ0) is 19.4. The number of carbonyl (C=O) groups is 2. The van der Waals surface area contributed by atoms with Crippen LogP contribution in [0.3, 0.4) is 0 Å². The summed E-state index contributed by atoms with van der Waals surface area (Å²) in [5.41, 5.74) is 0.800. The fraction of sp³-hybridized carbons (Fsp3) is 0.450. The maximum atomic E-state index is 12.7. The summed E-state index contributed by atoms with van der Waals surface area (Å²) in [5, 5.41) is 0.601. The van der Waals surface area contributed by atoms with Gasteiger partial charge in [-0.25, -0.2) is 0 Å². The number of amides is 2. The molecule has 2 fully saturated rings. The Hall–Kier alpha value is -1.37. The second kappa shape index (κ2) is 9.22. The second-order valence-corrected chi connectivity index (χ2v) is 9.10. The molecule has 0 saturated carbocycles. The minimum atomic E-state index is -0.107. The maximum absolute atomic E-state index is 12.7. The van der Waals surface area contributed by atoms with Gasteiger partial charge >= 0.3 is 0 Å². The van der Waals surface area contributed by atoms with Crippen LogP contribution >= 0.6 is 35.6 Å². The summed E-state index contributed by atoms with van der Waals surface area (Å²) in [4.78, 5) is 29.1. The summed E-state index contributed by atoms with van der Waals surface area (Å²) in [6.45, 7) is 4.40. The molecule has 2 heterocycles. The summed E-state index contributed by atoms with van der Waals surface area (Å²) in [7, 11) is 0. The van der Waals surface area contributed by atoms with Crippen molar-refractivity contribution >= 4 is 57.8 Å². The van der Waals surface area contributed by atoms with Crippen molar-refractivity contribution in [2.24, 2.45) is 5.92 Å². The molecule has 0 unspecified atom stereocenters. The van der Waals surface area contributed by atoms with Crippen molar-refractivity contribution in [3.05, 3.63) is 39.8 Å². The number of thioether (sulfide) groups is 1. The van der Waals surface area contributed by atoms with Gasteiger partial charge in [0.25, 0.3) is 5.91 Å². The Morgan fingerprint density at radius 3 is 2.74 bits per heavy atom. The third kappa shape index (κ3) is 5.12. The predicted molar refractivity (Wildman–Crippen MR) is 116 cm³/mol. The monoisotopic (exact) mass is 422 g/mol. The Morgan fingerprint density at radius 2 is 2.04 bits per heavy atom. The number of hydrogen-bond acceptors (Lipinski definition) is 4. The van der Waals surface area contributed by atoms with Gasteiger partial charge in [-0.3, -0.25) is 14.5 Å². The van der Waals surface area contributed by atoms with Crippen LogP contribution < -0.4 is 0 Å². The molecular weight excluding hydrogens is 400 g/mol. The van der Waals surface area contributed by atoms with Crippen molar-refractivity contribution in [2.75, 3.05) is 19.6 Å². The number of likely N-dealkylation sites (tertiary alicyclic amines) is 1. The van der Waals surface area contributed by atoms with Crippen LogP contribution in [0, 0.1) is 5.92 Å². The van der Waals surface area contributed by atoms with Crippen LogP contribution in [0.25, 0.3) is 6.08 Å². The van der Waals surface area contributed by atoms with E-state index in [0.717, 1.165) is 31.5 Å². The normalized spacial score (nSPS) is 20.0. The number of benzene rings is 1. The van der Waals surface area contributed by atoms with Crippen LogP contribution in [0.2, 0.25) is 5.02 Å². The van der Waals surface area contributed by atoms with Gasteiger partial charge in [0.2, 0.25) is 5.91 Å². The van der Waals surface area contributed by atoms with Gasteiger partial charge in [0.1, 0.15) is 4.32 Å². The van der Waals surface area contributed by atoms with E-state index < -0.39 is 0 Å². The average molecular weight is 423 g/mol. The second-order valence-electron chi connectivity index (χ2n) is 7.02. The fourth-order valence-electron chi connectivity index (χ4n) is 3.23. The number of thiocarbonyl (C=S) groups is 1. The zero-order valence-electron chi connectivity index (χ0n) is 15.3. The van der Waals surface area contributed by atoms with Gasteiger partial charge in [-0.15, -0.1) is 0 Å². The van der Waals surface area contributed by atoms with Crippen molar-refractivity contribution in [3.8, 4) is 0 Å². The van der Waals surface area contributed by atoms with Crippen LogP contribution in [0.4, 0.5) is 0 Å². The highest BCUT2D eigenvalue weighted by molar-refractivity contribution is 8.26. The molecule has 2 aliphatic heterocycles. The van der Waals surface area contributed by atoms with Gasteiger partial charge < -0.3 is 4.90 Å². The molecule has 2 saturated heterocycles. The summed E-state index contributed by atoms with van der Waals surface area (Å²) in [6.07, 6.45) is 5.01. The number of halogens is 1. The molecule has 0 bridgehead atoms. The lowest BCUT2D eigenvalue weighted by atomic mass is 9.99. The van der Waals surface area contributed by atoms with Crippen LogP contribution in [0.15, 0.2) is 29.2 Å². The molecule has 2 aliphatic rings. The Bertz CT molecular complexity index is 773. The van der Waals surface area contributed by atoms with Gasteiger partial charge in [-0.1, -0.05) is 60.7 Å². The molecule has 0 aliphatic carbocycles. The largest absolute Gasteiger partial charge is 0.343 e. The van der Waals surface area contributed by atoms with Crippen LogP contribution in [-0.4, -0.2) is 45.6 Å². The Balaban J connectivity index is 1.53. The Kier molecular flexibility index (Phi) is 6.95. The molecule has 0 N–H and O–H groups in total. The topological polar surface area (TPSA) is 40.6 Å². The van der Waals surface area contributed by atoms with E-state index in [2.05, 4.69) is 6.92 Å². The average Bonchev–Trinajstić information content (AvgIpc) is 2.91. The van der Waals surface area contributed by atoms with E-state index in [-0.39, 0.29) is 11.8 Å². The Labute approximate surface area is 174 Å². The van der Waals surface area contributed by atoms with Crippen LogP contribution in [-0.2, 0) is 9.59 Å². The molecular formula is C20H23ClN2O2S2. The van der Waals surface area contributed by atoms with E-state index in [1.54, 1.807) is 17.0 Å². The number of hydrogen-bond donors (Lipinski definition) is 0. The van der Waals surface area contributed by atoms with Crippen molar-refractivity contribution in [2.45, 2.75) is 32.6 Å². The van der Waals surface area contributed by atoms with E-state index in [1.807, 2.05) is 23.1 Å². The third-order valence-electron chi connectivity index (χ3n) is 4.97. The molecule has 1 aromatic rings. The van der Waals surface area contributed by atoms with E-state index in [9.17, 15) is 9.59 Å². The van der Waals surface area contributed by atoms with Gasteiger partial charge in [-0.05, 0) is 42.9 Å². The minimum absolute atomic E-state index is 0.107. The molecule has 2 amide bonds. The first-order valence-electron chi connectivity index (χ1n) is 9.23. The zero-order valence-corrected chi connectivity index (χ0v) is 17.7. The SMILES string of the molecule is CC1CCN(C(=O)CCCN2C(=O)/C(=C\c3ccccc3Cl)SC2=S)CC1. The van der Waals surface area contributed by atoms with Crippen molar-refractivity contribution in [3.63, 3.8) is 0 Å². The highest BCUT2D eigenvalue weighted by Gasteiger charge is 2.32. The molecule has 3 rings (SSSR count). The first kappa shape index (κ1) is 20.4. The molecule has 27 heavy (non-hydrogen) atoms. The number of carbonyl (C=O) groups excluding carboxylic acids is 2. The lowest BCUT2D eigenvalue weighted by molar-refractivity contribution is -0.133. The summed E-state index contributed by atoms with van der Waals surface area (Å²) in [5.74, 6) is 0.775. The third-order valence-corrected chi connectivity index (χ3v) is 6.70. The van der Waals surface area contributed by atoms with Gasteiger partial charge in [-0.2, -0.15) is 0 Å². The molecule has 0 spiro atoms. The van der Waals surface area contributed by atoms with E-state index in [4.69, 9.17) is 23.8 Å². The van der Waals surface area contributed by atoms with Gasteiger partial charge in [0.15, 0.2) is 0 Å². The van der Waals surface area contributed by atoms with Gasteiger partial charge in [0.05, 0.1) is 4.91 Å². The summed E-state index contributed by atoms with van der Waals surface area (Å²) in [6, 6.07) is 7.39. The van der Waals surface area contributed by atoms with E-state index >= 15 is 0 Å². The lowest BCUT2D eigenvalue weighted by Gasteiger charge is -2.30. The molecule has 4 nitrogen and oxygen atoms in total. The van der Waals surface area contributed by atoms with E-state index in [1.165, 1.54) is 11.8 Å². The summed E-state index contributed by atoms with van der Waals surface area (Å²) >= 11 is 12.8. The minimum Gasteiger partial charge on any atom is -0.343 e. The maximum Gasteiger partial charge on any atom is 0.266 e. The first-order chi connectivity index (χ1) is 13.0. The molecule has 0 radical (unpaired) electrons. The smallest absolute Gasteiger partial charge is 0.266 e. The quantitative estimate of drug-likeness (QED) is 0.514. The first-order valence-corrected chi connectivity index (χ1v) is 10.8. The van der Waals surface area contributed by atoms with Gasteiger partial charge in [0, 0.05) is 31.1 Å².